The van der Waals surface area contributed by atoms with Crippen molar-refractivity contribution in [1.29, 1.82) is 5.26 Å². The van der Waals surface area contributed by atoms with Gasteiger partial charge in [-0.2, -0.15) is 10.3 Å². The van der Waals surface area contributed by atoms with E-state index in [1.165, 1.54) is 0 Å². The predicted octanol–water partition coefficient (Wildman–Crippen LogP) is 3.08. The Hall–Kier alpha value is -1.69. The number of thiocarbonyl (C=S) groups is 1. The zero-order valence-corrected chi connectivity index (χ0v) is 9.34. The summed E-state index contributed by atoms with van der Waals surface area (Å²) in [7, 11) is 0. The van der Waals surface area contributed by atoms with Gasteiger partial charge in [-0.25, -0.2) is 0 Å². The van der Waals surface area contributed by atoms with Gasteiger partial charge in [-0.15, -0.1) is 0 Å². The van der Waals surface area contributed by atoms with Crippen LogP contribution in [0, 0.1) is 11.3 Å². The molecule has 0 spiro atoms. The van der Waals surface area contributed by atoms with Crippen LogP contribution in [-0.4, -0.2) is 11.3 Å². The van der Waals surface area contributed by atoms with Crippen LogP contribution in [0.1, 0.15) is 19.4 Å². The Morgan fingerprint density at radius 1 is 1.47 bits per heavy atom. The monoisotopic (exact) mass is 218 g/mol. The number of isothiocyanates is 1. The van der Waals surface area contributed by atoms with E-state index in [0.717, 1.165) is 0 Å². The summed E-state index contributed by atoms with van der Waals surface area (Å²) in [6, 6.07) is 7.04. The Kier molecular flexibility index (Phi) is 3.99. The van der Waals surface area contributed by atoms with Crippen molar-refractivity contribution < 1.29 is 4.74 Å². The maximum atomic E-state index is 8.72. The summed E-state index contributed by atoms with van der Waals surface area (Å²) in [5.41, 5.74) is 1.06. The summed E-state index contributed by atoms with van der Waals surface area (Å²) in [4.78, 5) is 3.86. The van der Waals surface area contributed by atoms with Crippen LogP contribution < -0.4 is 4.74 Å². The molecule has 0 bridgehead atoms. The first-order valence-corrected chi connectivity index (χ1v) is 4.87. The summed E-state index contributed by atoms with van der Waals surface area (Å²) in [6.45, 7) is 3.84. The van der Waals surface area contributed by atoms with E-state index in [-0.39, 0.29) is 6.10 Å². The van der Waals surface area contributed by atoms with Gasteiger partial charge in [0.2, 0.25) is 0 Å². The standard InChI is InChI=1S/C11H10N2OS/c1-8(2)14-11-4-3-9(6-12)5-10(11)13-7-15/h3-5,8H,1-2H3. The largest absolute Gasteiger partial charge is 0.489 e. The fourth-order valence-corrected chi connectivity index (χ4v) is 1.18. The lowest BCUT2D eigenvalue weighted by Gasteiger charge is -2.11. The highest BCUT2D eigenvalue weighted by molar-refractivity contribution is 7.78. The topological polar surface area (TPSA) is 45.4 Å². The van der Waals surface area contributed by atoms with Crippen LogP contribution in [-0.2, 0) is 0 Å². The second-order valence-corrected chi connectivity index (χ2v) is 3.35. The third-order valence-electron chi connectivity index (χ3n) is 1.62. The molecule has 15 heavy (non-hydrogen) atoms. The molecule has 0 saturated heterocycles. The van der Waals surface area contributed by atoms with Crippen molar-refractivity contribution in [2.75, 3.05) is 0 Å². The number of hydrogen-bond acceptors (Lipinski definition) is 4. The second-order valence-electron chi connectivity index (χ2n) is 3.16. The summed E-state index contributed by atoms with van der Waals surface area (Å²) in [6.07, 6.45) is 0.0528. The molecule has 3 nitrogen and oxygen atoms in total. The highest BCUT2D eigenvalue weighted by Crippen LogP contribution is 2.28. The quantitative estimate of drug-likeness (QED) is 0.578. The highest BCUT2D eigenvalue weighted by Gasteiger charge is 2.05. The highest BCUT2D eigenvalue weighted by atomic mass is 32.1. The number of nitrogens with zero attached hydrogens (tertiary/aromatic N) is 2. The zero-order valence-electron chi connectivity index (χ0n) is 8.52. The van der Waals surface area contributed by atoms with E-state index in [1.54, 1.807) is 18.2 Å². The minimum absolute atomic E-state index is 0.0528. The molecule has 0 saturated carbocycles. The van der Waals surface area contributed by atoms with Crippen LogP contribution in [0.5, 0.6) is 5.75 Å². The van der Waals surface area contributed by atoms with Crippen molar-refractivity contribution in [1.82, 2.24) is 0 Å². The van der Waals surface area contributed by atoms with Gasteiger partial charge in [-0.3, -0.25) is 0 Å². The average Bonchev–Trinajstić information content (AvgIpc) is 2.20. The van der Waals surface area contributed by atoms with Crippen molar-refractivity contribution in [3.05, 3.63) is 23.8 Å². The fourth-order valence-electron chi connectivity index (χ4n) is 1.08. The number of rotatable bonds is 3. The zero-order chi connectivity index (χ0) is 11.3. The molecule has 1 rings (SSSR count). The molecule has 0 N–H and O–H groups in total. The minimum atomic E-state index is 0.0528. The first-order chi connectivity index (χ1) is 7.17. The molecule has 0 fully saturated rings. The van der Waals surface area contributed by atoms with Crippen LogP contribution in [0.2, 0.25) is 0 Å². The normalized spacial score (nSPS) is 9.20. The lowest BCUT2D eigenvalue weighted by Crippen LogP contribution is -2.05. The number of hydrogen-bond donors (Lipinski definition) is 0. The molecule has 1 aromatic carbocycles. The van der Waals surface area contributed by atoms with Gasteiger partial charge >= 0.3 is 0 Å². The number of benzene rings is 1. The van der Waals surface area contributed by atoms with Gasteiger partial charge in [0, 0.05) is 0 Å². The summed E-state index contributed by atoms with van der Waals surface area (Å²) in [5, 5.41) is 11.0. The molecule has 0 amide bonds. The first-order valence-electron chi connectivity index (χ1n) is 4.46. The van der Waals surface area contributed by atoms with Crippen LogP contribution in [0.25, 0.3) is 0 Å². The Morgan fingerprint density at radius 2 is 2.20 bits per heavy atom. The number of nitriles is 1. The van der Waals surface area contributed by atoms with Crippen LogP contribution in [0.15, 0.2) is 23.2 Å². The second kappa shape index (κ2) is 5.26. The lowest BCUT2D eigenvalue weighted by atomic mass is 10.2. The van der Waals surface area contributed by atoms with Crippen molar-refractivity contribution >= 4 is 23.1 Å². The molecular formula is C11H10N2OS. The molecule has 0 aromatic heterocycles. The first kappa shape index (κ1) is 11.4. The number of ether oxygens (including phenoxy) is 1. The van der Waals surface area contributed by atoms with E-state index in [1.807, 2.05) is 19.9 Å². The van der Waals surface area contributed by atoms with Crippen molar-refractivity contribution in [3.8, 4) is 11.8 Å². The van der Waals surface area contributed by atoms with Gasteiger partial charge in [0.25, 0.3) is 0 Å². The third kappa shape index (κ3) is 3.17. The maximum absolute atomic E-state index is 8.72. The molecule has 0 aliphatic rings. The summed E-state index contributed by atoms with van der Waals surface area (Å²) < 4.78 is 5.51. The van der Waals surface area contributed by atoms with Crippen LogP contribution in [0.4, 0.5) is 5.69 Å². The molecule has 4 heteroatoms. The molecule has 0 unspecified atom stereocenters. The van der Waals surface area contributed by atoms with Crippen molar-refractivity contribution in [2.45, 2.75) is 20.0 Å². The maximum Gasteiger partial charge on any atom is 0.146 e. The Morgan fingerprint density at radius 3 is 2.73 bits per heavy atom. The van der Waals surface area contributed by atoms with Gasteiger partial charge in [0.05, 0.1) is 22.9 Å². The average molecular weight is 218 g/mol. The third-order valence-corrected chi connectivity index (χ3v) is 1.71. The summed E-state index contributed by atoms with van der Waals surface area (Å²) >= 11 is 4.53. The van der Waals surface area contributed by atoms with Crippen LogP contribution in [0.3, 0.4) is 0 Å². The molecule has 0 radical (unpaired) electrons. The molecule has 0 aliphatic carbocycles. The molecule has 76 valence electrons. The van der Waals surface area contributed by atoms with Crippen molar-refractivity contribution in [2.24, 2.45) is 4.99 Å². The number of aliphatic imine (C=N–C) groups is 1. The molecule has 1 aromatic rings. The van der Waals surface area contributed by atoms with E-state index in [2.05, 4.69) is 22.4 Å². The Labute approximate surface area is 94.0 Å². The minimum Gasteiger partial charge on any atom is -0.489 e. The predicted molar refractivity (Wildman–Crippen MR) is 61.6 cm³/mol. The van der Waals surface area contributed by atoms with Crippen LogP contribution >= 0.6 is 12.2 Å². The van der Waals surface area contributed by atoms with E-state index in [0.29, 0.717) is 17.0 Å². The van der Waals surface area contributed by atoms with Gasteiger partial charge in [-0.05, 0) is 44.3 Å². The Bertz CT molecular complexity index is 442. The van der Waals surface area contributed by atoms with Gasteiger partial charge in [0.15, 0.2) is 0 Å². The van der Waals surface area contributed by atoms with Gasteiger partial charge in [0.1, 0.15) is 11.4 Å². The smallest absolute Gasteiger partial charge is 0.146 e. The van der Waals surface area contributed by atoms with E-state index in [9.17, 15) is 0 Å². The lowest BCUT2D eigenvalue weighted by molar-refractivity contribution is 0.243. The van der Waals surface area contributed by atoms with Gasteiger partial charge in [-0.1, -0.05) is 0 Å². The summed E-state index contributed by atoms with van der Waals surface area (Å²) in [5.74, 6) is 0.612. The van der Waals surface area contributed by atoms with E-state index < -0.39 is 0 Å². The SMILES string of the molecule is CC(C)Oc1ccc(C#N)cc1N=C=S. The molecule has 0 atom stereocenters. The van der Waals surface area contributed by atoms with Crippen molar-refractivity contribution in [3.63, 3.8) is 0 Å². The molecule has 0 heterocycles. The molecule has 0 aliphatic heterocycles. The molecular weight excluding hydrogens is 208 g/mol. The fraction of sp³-hybridized carbons (Fsp3) is 0.273. The van der Waals surface area contributed by atoms with E-state index >= 15 is 0 Å². The van der Waals surface area contributed by atoms with E-state index in [4.69, 9.17) is 10.00 Å². The van der Waals surface area contributed by atoms with Gasteiger partial charge < -0.3 is 4.74 Å². The Balaban J connectivity index is 3.16.